The van der Waals surface area contributed by atoms with Crippen molar-refractivity contribution in [1.82, 2.24) is 0 Å². The predicted octanol–water partition coefficient (Wildman–Crippen LogP) is 1.53. The maximum atomic E-state index is 11.4. The van der Waals surface area contributed by atoms with Crippen molar-refractivity contribution in [3.8, 4) is 0 Å². The van der Waals surface area contributed by atoms with E-state index in [1.165, 1.54) is 6.92 Å². The summed E-state index contributed by atoms with van der Waals surface area (Å²) in [5.41, 5.74) is -1.88. The van der Waals surface area contributed by atoms with E-state index in [1.807, 2.05) is 6.92 Å². The second kappa shape index (κ2) is 8.35. The minimum Gasteiger partial charge on any atom is -0.481 e. The zero-order chi connectivity index (χ0) is 17.5. The second-order valence-electron chi connectivity index (χ2n) is 5.26. The highest BCUT2D eigenvalue weighted by Crippen LogP contribution is 2.45. The molecule has 0 aliphatic rings. The summed E-state index contributed by atoms with van der Waals surface area (Å²) in [4.78, 5) is 45.4. The van der Waals surface area contributed by atoms with Crippen LogP contribution in [0.15, 0.2) is 0 Å². The predicted molar refractivity (Wildman–Crippen MR) is 74.4 cm³/mol. The molecule has 0 saturated heterocycles. The first-order chi connectivity index (χ1) is 10.2. The third kappa shape index (κ3) is 4.19. The molecule has 0 unspecified atom stereocenters. The van der Waals surface area contributed by atoms with Crippen LogP contribution in [0.5, 0.6) is 0 Å². The number of carboxylic acid groups (broad SMARTS) is 4. The standard InChI is InChI=1S/C14H22O8/c1-3-5-6-7-14(4-2,8(10(15)16)11(17)18)9(12(19)20)13(21)22/h8-9H,3-7H2,1-2H3,(H,15,16)(H,17,18)(H,19,20)(H,21,22). The van der Waals surface area contributed by atoms with Gasteiger partial charge in [0.1, 0.15) is 0 Å². The molecule has 0 saturated carbocycles. The molecule has 0 bridgehead atoms. The van der Waals surface area contributed by atoms with Crippen molar-refractivity contribution in [2.75, 3.05) is 0 Å². The Morgan fingerprint density at radius 1 is 0.773 bits per heavy atom. The van der Waals surface area contributed by atoms with Gasteiger partial charge in [-0.1, -0.05) is 33.1 Å². The third-order valence-corrected chi connectivity index (χ3v) is 4.04. The lowest BCUT2D eigenvalue weighted by Crippen LogP contribution is -2.51. The Kier molecular flexibility index (Phi) is 7.55. The van der Waals surface area contributed by atoms with Gasteiger partial charge in [0.15, 0.2) is 11.8 Å². The number of carbonyl (C=O) groups is 4. The molecule has 0 heterocycles. The topological polar surface area (TPSA) is 149 Å². The normalized spacial score (nSPS) is 11.6. The van der Waals surface area contributed by atoms with E-state index >= 15 is 0 Å². The fourth-order valence-corrected chi connectivity index (χ4v) is 2.94. The van der Waals surface area contributed by atoms with Crippen molar-refractivity contribution in [3.63, 3.8) is 0 Å². The second-order valence-corrected chi connectivity index (χ2v) is 5.26. The van der Waals surface area contributed by atoms with Crippen LogP contribution in [0.2, 0.25) is 0 Å². The van der Waals surface area contributed by atoms with E-state index in [4.69, 9.17) is 0 Å². The van der Waals surface area contributed by atoms with Gasteiger partial charge in [0, 0.05) is 5.41 Å². The molecule has 0 radical (unpaired) electrons. The van der Waals surface area contributed by atoms with E-state index in [0.717, 1.165) is 6.42 Å². The first-order valence-electron chi connectivity index (χ1n) is 7.06. The zero-order valence-electron chi connectivity index (χ0n) is 12.6. The van der Waals surface area contributed by atoms with Crippen molar-refractivity contribution >= 4 is 23.9 Å². The minimum absolute atomic E-state index is 0.0934. The third-order valence-electron chi connectivity index (χ3n) is 4.04. The molecule has 0 atom stereocenters. The van der Waals surface area contributed by atoms with Crippen LogP contribution in [-0.2, 0) is 19.2 Å². The largest absolute Gasteiger partial charge is 0.481 e. The van der Waals surface area contributed by atoms with Crippen LogP contribution in [0, 0.1) is 17.3 Å². The van der Waals surface area contributed by atoms with Gasteiger partial charge >= 0.3 is 23.9 Å². The molecule has 8 heteroatoms. The van der Waals surface area contributed by atoms with Crippen LogP contribution >= 0.6 is 0 Å². The van der Waals surface area contributed by atoms with Crippen molar-refractivity contribution < 1.29 is 39.6 Å². The van der Waals surface area contributed by atoms with Crippen LogP contribution in [0.3, 0.4) is 0 Å². The molecule has 0 aliphatic heterocycles. The van der Waals surface area contributed by atoms with E-state index in [0.29, 0.717) is 12.8 Å². The number of aliphatic carboxylic acids is 4. The van der Waals surface area contributed by atoms with Crippen LogP contribution in [0.25, 0.3) is 0 Å². The molecular formula is C14H22O8. The summed E-state index contributed by atoms with van der Waals surface area (Å²) in [7, 11) is 0. The Hall–Kier alpha value is -2.12. The van der Waals surface area contributed by atoms with Gasteiger partial charge in [0.05, 0.1) is 0 Å². The molecule has 22 heavy (non-hydrogen) atoms. The Morgan fingerprint density at radius 3 is 1.36 bits per heavy atom. The quantitative estimate of drug-likeness (QED) is 0.331. The van der Waals surface area contributed by atoms with Gasteiger partial charge in [-0.05, 0) is 12.8 Å². The van der Waals surface area contributed by atoms with Gasteiger partial charge in [-0.15, -0.1) is 0 Å². The zero-order valence-corrected chi connectivity index (χ0v) is 12.6. The summed E-state index contributed by atoms with van der Waals surface area (Å²) in [6.07, 6.45) is 1.46. The van der Waals surface area contributed by atoms with Crippen LogP contribution in [0.4, 0.5) is 0 Å². The lowest BCUT2D eigenvalue weighted by atomic mass is 9.61. The molecule has 0 aromatic carbocycles. The fraction of sp³-hybridized carbons (Fsp3) is 0.714. The van der Waals surface area contributed by atoms with Gasteiger partial charge in [-0.3, -0.25) is 19.2 Å². The highest BCUT2D eigenvalue weighted by Gasteiger charge is 2.56. The highest BCUT2D eigenvalue weighted by atomic mass is 16.4. The summed E-state index contributed by atoms with van der Waals surface area (Å²) < 4.78 is 0. The minimum atomic E-state index is -2.09. The Labute approximate surface area is 127 Å². The van der Waals surface area contributed by atoms with Gasteiger partial charge in [0.25, 0.3) is 0 Å². The first-order valence-corrected chi connectivity index (χ1v) is 7.06. The molecule has 0 amide bonds. The molecule has 8 nitrogen and oxygen atoms in total. The lowest BCUT2D eigenvalue weighted by Gasteiger charge is -2.38. The van der Waals surface area contributed by atoms with Gasteiger partial charge in [-0.2, -0.15) is 0 Å². The van der Waals surface area contributed by atoms with E-state index in [-0.39, 0.29) is 12.8 Å². The SMILES string of the molecule is CCCCCC(CC)(C(C(=O)O)C(=O)O)C(C(=O)O)C(=O)O. The average Bonchev–Trinajstić information content (AvgIpc) is 2.36. The van der Waals surface area contributed by atoms with E-state index in [1.54, 1.807) is 0 Å². The molecule has 126 valence electrons. The Balaban J connectivity index is 6.08. The molecule has 0 spiro atoms. The first kappa shape index (κ1) is 19.9. The Bertz CT molecular complexity index is 382. The summed E-state index contributed by atoms with van der Waals surface area (Å²) >= 11 is 0. The maximum Gasteiger partial charge on any atom is 0.318 e. The van der Waals surface area contributed by atoms with Gasteiger partial charge < -0.3 is 20.4 Å². The number of rotatable bonds is 11. The van der Waals surface area contributed by atoms with Crippen LogP contribution in [0.1, 0.15) is 46.0 Å². The average molecular weight is 318 g/mol. The smallest absolute Gasteiger partial charge is 0.318 e. The van der Waals surface area contributed by atoms with E-state index in [9.17, 15) is 39.6 Å². The lowest BCUT2D eigenvalue weighted by molar-refractivity contribution is -0.174. The number of carboxylic acids is 4. The molecule has 0 aromatic heterocycles. The molecular weight excluding hydrogens is 296 g/mol. The molecule has 0 rings (SSSR count). The van der Waals surface area contributed by atoms with Gasteiger partial charge in [-0.25, -0.2) is 0 Å². The fourth-order valence-electron chi connectivity index (χ4n) is 2.94. The summed E-state index contributed by atoms with van der Waals surface area (Å²) in [6, 6.07) is 0. The van der Waals surface area contributed by atoms with Crippen molar-refractivity contribution in [1.29, 1.82) is 0 Å². The Morgan fingerprint density at radius 2 is 1.14 bits per heavy atom. The summed E-state index contributed by atoms with van der Waals surface area (Å²) in [6.45, 7) is 3.29. The molecule has 0 aliphatic carbocycles. The monoisotopic (exact) mass is 318 g/mol. The maximum absolute atomic E-state index is 11.4. The van der Waals surface area contributed by atoms with Crippen molar-refractivity contribution in [2.24, 2.45) is 17.3 Å². The molecule has 0 fully saturated rings. The van der Waals surface area contributed by atoms with Crippen LogP contribution < -0.4 is 0 Å². The highest BCUT2D eigenvalue weighted by molar-refractivity contribution is 5.99. The molecule has 4 N–H and O–H groups in total. The number of hydrogen-bond acceptors (Lipinski definition) is 4. The number of hydrogen-bond donors (Lipinski definition) is 4. The van der Waals surface area contributed by atoms with Crippen molar-refractivity contribution in [2.45, 2.75) is 46.0 Å². The number of unbranched alkanes of at least 4 members (excludes halogenated alkanes) is 2. The van der Waals surface area contributed by atoms with Crippen molar-refractivity contribution in [3.05, 3.63) is 0 Å². The van der Waals surface area contributed by atoms with E-state index < -0.39 is 41.1 Å². The summed E-state index contributed by atoms with van der Waals surface area (Å²) in [5.74, 6) is -11.1. The van der Waals surface area contributed by atoms with Gasteiger partial charge in [0.2, 0.25) is 0 Å². The summed E-state index contributed by atoms with van der Waals surface area (Å²) in [5, 5.41) is 36.9. The van der Waals surface area contributed by atoms with Crippen LogP contribution in [-0.4, -0.2) is 44.3 Å². The molecule has 0 aromatic rings. The van der Waals surface area contributed by atoms with E-state index in [2.05, 4.69) is 0 Å².